The Morgan fingerprint density at radius 1 is 1.85 bits per heavy atom. The number of amidine groups is 1. The zero-order valence-corrected chi connectivity index (χ0v) is 6.39. The lowest BCUT2D eigenvalue weighted by Crippen LogP contribution is -2.11. The lowest BCUT2D eigenvalue weighted by Gasteiger charge is -1.88. The molecule has 0 radical (unpaired) electrons. The third-order valence-corrected chi connectivity index (χ3v) is 1.15. The summed E-state index contributed by atoms with van der Waals surface area (Å²) < 4.78 is 0. The molecule has 0 atom stereocenters. The minimum Gasteiger partial charge on any atom is -0.357 e. The van der Waals surface area contributed by atoms with Crippen molar-refractivity contribution in [2.45, 2.75) is 0 Å². The average molecular weight is 179 g/mol. The molecule has 66 valence electrons. The summed E-state index contributed by atoms with van der Waals surface area (Å²) in [5, 5.41) is 21.6. The highest BCUT2D eigenvalue weighted by Gasteiger charge is 2.10. The summed E-state index contributed by atoms with van der Waals surface area (Å²) in [6.07, 6.45) is 1.62. The van der Waals surface area contributed by atoms with Crippen molar-refractivity contribution in [3.63, 3.8) is 0 Å². The summed E-state index contributed by atoms with van der Waals surface area (Å²) in [7, 11) is 0. The Kier molecular flexibility index (Phi) is 2.60. The molecule has 0 spiro atoms. The van der Waals surface area contributed by atoms with Gasteiger partial charge in [0.05, 0.1) is 5.10 Å². The first-order valence-corrected chi connectivity index (χ1v) is 3.25. The number of rotatable bonds is 2. The molecule has 7 heteroatoms. The van der Waals surface area contributed by atoms with Crippen LogP contribution in [0.4, 0.5) is 5.82 Å². The van der Waals surface area contributed by atoms with Gasteiger partial charge in [0.2, 0.25) is 0 Å². The summed E-state index contributed by atoms with van der Waals surface area (Å²) in [4.78, 5) is 11.9. The van der Waals surface area contributed by atoms with Crippen molar-refractivity contribution in [2.75, 3.05) is 5.43 Å². The fraction of sp³-hybridized carbons (Fsp3) is 0. The molecule has 0 unspecified atom stereocenters. The molecule has 0 aliphatic carbocycles. The van der Waals surface area contributed by atoms with Gasteiger partial charge in [-0.1, -0.05) is 0 Å². The first-order valence-electron chi connectivity index (χ1n) is 3.25. The van der Waals surface area contributed by atoms with Crippen molar-refractivity contribution >= 4 is 11.7 Å². The van der Waals surface area contributed by atoms with Crippen LogP contribution in [0.1, 0.15) is 0 Å². The van der Waals surface area contributed by atoms with Crippen molar-refractivity contribution in [1.29, 1.82) is 5.26 Å². The van der Waals surface area contributed by atoms with Crippen LogP contribution >= 0.6 is 0 Å². The van der Waals surface area contributed by atoms with E-state index in [1.54, 1.807) is 18.3 Å². The largest absolute Gasteiger partial charge is 0.466 e. The number of aromatic nitrogens is 1. The molecule has 0 aliphatic heterocycles. The number of hydrogen-bond acceptors (Lipinski definition) is 5. The monoisotopic (exact) mass is 179 g/mol. The van der Waals surface area contributed by atoms with Gasteiger partial charge in [0, 0.05) is 6.20 Å². The number of aromatic amines is 1. The number of hydrogen-bond donors (Lipinski definition) is 2. The highest BCUT2D eigenvalue weighted by atomic mass is 16.6. The normalized spacial score (nSPS) is 10.5. The van der Waals surface area contributed by atoms with Gasteiger partial charge < -0.3 is 15.1 Å². The molecule has 1 aromatic rings. The molecule has 13 heavy (non-hydrogen) atoms. The van der Waals surface area contributed by atoms with E-state index in [4.69, 9.17) is 5.26 Å². The zero-order chi connectivity index (χ0) is 9.68. The Bertz CT molecular complexity index is 361. The van der Waals surface area contributed by atoms with E-state index in [1.807, 2.05) is 0 Å². The Labute approximate surface area is 72.8 Å². The maximum Gasteiger partial charge on any atom is 0.466 e. The summed E-state index contributed by atoms with van der Waals surface area (Å²) >= 11 is 0. The van der Waals surface area contributed by atoms with Crippen LogP contribution in [0.3, 0.4) is 0 Å². The van der Waals surface area contributed by atoms with Gasteiger partial charge in [0.1, 0.15) is 5.82 Å². The van der Waals surface area contributed by atoms with Gasteiger partial charge in [-0.25, -0.2) is 0 Å². The lowest BCUT2D eigenvalue weighted by molar-refractivity contribution is -0.347. The number of H-pyrrole nitrogens is 1. The fourth-order valence-electron chi connectivity index (χ4n) is 0.620. The maximum absolute atomic E-state index is 10.1. The molecule has 0 aromatic carbocycles. The first-order chi connectivity index (χ1) is 6.24. The van der Waals surface area contributed by atoms with Crippen molar-refractivity contribution in [2.24, 2.45) is 5.10 Å². The first kappa shape index (κ1) is 8.73. The van der Waals surface area contributed by atoms with Crippen LogP contribution in [0.2, 0.25) is 0 Å². The Morgan fingerprint density at radius 2 is 2.62 bits per heavy atom. The molecule has 0 bridgehead atoms. The zero-order valence-electron chi connectivity index (χ0n) is 6.39. The number of nitrogens with zero attached hydrogens (tertiary/aromatic N) is 3. The predicted octanol–water partition coefficient (Wildman–Crippen LogP) is 0.540. The van der Waals surface area contributed by atoms with E-state index in [-0.39, 0.29) is 0 Å². The minimum absolute atomic E-state index is 0.481. The minimum atomic E-state index is -0.865. The second kappa shape index (κ2) is 3.87. The van der Waals surface area contributed by atoms with Gasteiger partial charge in [-0.2, -0.15) is 10.7 Å². The van der Waals surface area contributed by atoms with E-state index in [0.717, 1.165) is 0 Å². The quantitative estimate of drug-likeness (QED) is 0.299. The Morgan fingerprint density at radius 3 is 3.08 bits per heavy atom. The van der Waals surface area contributed by atoms with E-state index >= 15 is 0 Å². The smallest absolute Gasteiger partial charge is 0.357 e. The molecule has 1 heterocycles. The number of hydrazone groups is 1. The molecule has 1 rings (SSSR count). The van der Waals surface area contributed by atoms with Gasteiger partial charge in [0.25, 0.3) is 0 Å². The molecule has 0 saturated carbocycles. The van der Waals surface area contributed by atoms with Crippen molar-refractivity contribution < 1.29 is 4.92 Å². The maximum atomic E-state index is 10.1. The molecular weight excluding hydrogens is 174 g/mol. The standard InChI is InChI=1S/C6H5N5O2/c7-4-6(11(12)13)10-9-5-2-1-3-8-5/h1-3,8-9H. The predicted molar refractivity (Wildman–Crippen MR) is 44.5 cm³/mol. The lowest BCUT2D eigenvalue weighted by atomic mass is 10.6. The SMILES string of the molecule is N#CC(=NNc1ccc[nH]1)[N+](=O)[O-]. The van der Waals surface area contributed by atoms with E-state index in [1.165, 1.54) is 6.07 Å². The van der Waals surface area contributed by atoms with Gasteiger partial charge in [-0.15, -0.1) is 0 Å². The van der Waals surface area contributed by atoms with Crippen LogP contribution in [0, 0.1) is 21.4 Å². The Hall–Kier alpha value is -2.36. The number of nitrogens with one attached hydrogen (secondary N) is 2. The van der Waals surface area contributed by atoms with E-state index in [2.05, 4.69) is 15.5 Å². The number of nitriles is 1. The summed E-state index contributed by atoms with van der Waals surface area (Å²) in [5.74, 6) is -0.302. The van der Waals surface area contributed by atoms with Crippen LogP contribution in [0.15, 0.2) is 23.4 Å². The molecule has 0 amide bonds. The van der Waals surface area contributed by atoms with Crippen LogP contribution in [0.5, 0.6) is 0 Å². The van der Waals surface area contributed by atoms with Crippen molar-refractivity contribution in [1.82, 2.24) is 4.98 Å². The summed E-state index contributed by atoms with van der Waals surface area (Å²) in [6.45, 7) is 0. The van der Waals surface area contributed by atoms with Crippen molar-refractivity contribution in [3.8, 4) is 6.07 Å². The average Bonchev–Trinajstić information content (AvgIpc) is 2.57. The molecule has 1 aromatic heterocycles. The second-order valence-electron chi connectivity index (χ2n) is 2.00. The summed E-state index contributed by atoms with van der Waals surface area (Å²) in [5.41, 5.74) is 2.33. The van der Waals surface area contributed by atoms with Crippen molar-refractivity contribution in [3.05, 3.63) is 28.4 Å². The van der Waals surface area contributed by atoms with Gasteiger partial charge >= 0.3 is 5.84 Å². The van der Waals surface area contributed by atoms with Gasteiger partial charge in [-0.3, -0.25) is 0 Å². The molecular formula is C6H5N5O2. The van der Waals surface area contributed by atoms with E-state index in [0.29, 0.717) is 5.82 Å². The highest BCUT2D eigenvalue weighted by Crippen LogP contribution is 2.00. The molecule has 2 N–H and O–H groups in total. The van der Waals surface area contributed by atoms with Gasteiger partial charge in [-0.05, 0) is 17.1 Å². The summed E-state index contributed by atoms with van der Waals surface area (Å²) in [6, 6.07) is 4.65. The van der Waals surface area contributed by atoms with E-state index in [9.17, 15) is 10.1 Å². The van der Waals surface area contributed by atoms with E-state index < -0.39 is 10.8 Å². The molecule has 0 saturated heterocycles. The third kappa shape index (κ3) is 2.30. The van der Waals surface area contributed by atoms with Crippen LogP contribution in [-0.4, -0.2) is 15.7 Å². The van der Waals surface area contributed by atoms with Crippen LogP contribution < -0.4 is 5.43 Å². The Balaban J connectivity index is 2.67. The highest BCUT2D eigenvalue weighted by molar-refractivity contribution is 5.89. The van der Waals surface area contributed by atoms with Crippen LogP contribution in [0.25, 0.3) is 0 Å². The number of nitro groups is 1. The third-order valence-electron chi connectivity index (χ3n) is 1.15. The topological polar surface area (TPSA) is 107 Å². The van der Waals surface area contributed by atoms with Gasteiger partial charge in [0.15, 0.2) is 6.07 Å². The molecule has 0 fully saturated rings. The molecule has 7 nitrogen and oxygen atoms in total. The van der Waals surface area contributed by atoms with Crippen LogP contribution in [-0.2, 0) is 0 Å². The number of anilines is 1. The second-order valence-corrected chi connectivity index (χ2v) is 2.00. The fourth-order valence-corrected chi connectivity index (χ4v) is 0.620. The molecule has 0 aliphatic rings.